The first-order valence-corrected chi connectivity index (χ1v) is 45.0. The molecule has 43 nitrogen and oxygen atoms in total. The number of anilines is 1. The SMILES string of the molecule is CC[C@@]1(OP(=O)(O)OCc2ccc(NC(=O)[C@H](CCCNC(N)=O)NC(=O)[C@@H](NC(=O)[C@H](CC(=O)N[C@H]3CCOC3=O)NC(=O)[C@H](CCCCN(C)C)NC(=O)CCOCCOCCOCCOCCNC(=O)[C@H](CNC(=O)CCP(=O)(O)O)N3C(=O)C=CC3=O)C(C)C)cc2)C(=O)OCc2c1cc1n(c2=O)Cc2c-1nc1cc(F)c(C)c3c1c2[C@@H](NC(=O)C(F)F)CC3. The molecule has 2 aromatic heterocycles. The van der Waals surface area contributed by atoms with Gasteiger partial charge in [0.15, 0.2) is 0 Å². The molecule has 0 spiro atoms. The number of imide groups is 1. The summed E-state index contributed by atoms with van der Waals surface area (Å²) in [5.74, 6) is -13.3. The highest BCUT2D eigenvalue weighted by atomic mass is 31.2. The number of urea groups is 1. The molecular weight excluding hydrogens is 1750 g/mol. The maximum atomic E-state index is 15.6. The van der Waals surface area contributed by atoms with Crippen molar-refractivity contribution in [3.63, 3.8) is 0 Å². The van der Waals surface area contributed by atoms with Crippen LogP contribution in [-0.2, 0) is 141 Å². The van der Waals surface area contributed by atoms with Crippen LogP contribution in [0.1, 0.15) is 136 Å². The molecule has 13 amide bonds. The van der Waals surface area contributed by atoms with Gasteiger partial charge in [0.25, 0.3) is 23.3 Å². The van der Waals surface area contributed by atoms with Crippen LogP contribution in [0.15, 0.2) is 53.3 Å². The molecule has 706 valence electrons. The van der Waals surface area contributed by atoms with Crippen LogP contribution in [-0.4, -0.2) is 266 Å². The summed E-state index contributed by atoms with van der Waals surface area (Å²) < 4.78 is 113. The van der Waals surface area contributed by atoms with Gasteiger partial charge in [-0.3, -0.25) is 76.0 Å². The lowest BCUT2D eigenvalue weighted by molar-refractivity contribution is -0.171. The summed E-state index contributed by atoms with van der Waals surface area (Å²) in [6.45, 7) is 4.94. The maximum Gasteiger partial charge on any atom is 0.473 e. The molecule has 4 aliphatic heterocycles. The van der Waals surface area contributed by atoms with Crippen LogP contribution < -0.4 is 64.5 Å². The number of carbonyl (C=O) groups is 14. The van der Waals surface area contributed by atoms with Gasteiger partial charge < -0.3 is 111 Å². The summed E-state index contributed by atoms with van der Waals surface area (Å²) in [7, 11) is -6.21. The third kappa shape index (κ3) is 28.2. The highest BCUT2D eigenvalue weighted by molar-refractivity contribution is 7.51. The first-order chi connectivity index (χ1) is 61.2. The summed E-state index contributed by atoms with van der Waals surface area (Å²) in [5, 5.41) is 25.7. The second-order valence-corrected chi connectivity index (χ2v) is 34.7. The van der Waals surface area contributed by atoms with Crippen molar-refractivity contribution in [2.75, 3.05) is 111 Å². The van der Waals surface area contributed by atoms with Crippen molar-refractivity contribution in [2.45, 2.75) is 179 Å². The molecule has 48 heteroatoms. The molecule has 9 rings (SSSR count). The number of nitrogens with two attached hydrogens (primary N) is 1. The second-order valence-electron chi connectivity index (χ2n) is 31.5. The molecule has 1 saturated heterocycles. The Labute approximate surface area is 737 Å². The Morgan fingerprint density at radius 1 is 0.690 bits per heavy atom. The number of nitrogens with one attached hydrogen (secondary N) is 10. The molecule has 9 atom stereocenters. The van der Waals surface area contributed by atoms with E-state index in [1.165, 1.54) is 41.8 Å². The largest absolute Gasteiger partial charge is 0.473 e. The van der Waals surface area contributed by atoms with Crippen LogP contribution in [0.5, 0.6) is 0 Å². The van der Waals surface area contributed by atoms with E-state index in [4.69, 9.17) is 58.0 Å². The molecule has 0 radical (unpaired) electrons. The number of hydrogen-bond donors (Lipinski definition) is 14. The van der Waals surface area contributed by atoms with Crippen molar-refractivity contribution >= 4 is 115 Å². The number of aryl methyl sites for hydroxylation is 1. The van der Waals surface area contributed by atoms with E-state index in [0.29, 0.717) is 46.4 Å². The predicted molar refractivity (Wildman–Crippen MR) is 447 cm³/mol. The van der Waals surface area contributed by atoms with Gasteiger partial charge in [0, 0.05) is 79.3 Å². The zero-order valence-corrected chi connectivity index (χ0v) is 73.6. The summed E-state index contributed by atoms with van der Waals surface area (Å²) >= 11 is 0. The Bertz CT molecular complexity index is 5020. The van der Waals surface area contributed by atoms with Crippen molar-refractivity contribution in [1.29, 1.82) is 0 Å². The number of aromatic nitrogens is 2. The van der Waals surface area contributed by atoms with E-state index in [2.05, 4.69) is 53.2 Å². The van der Waals surface area contributed by atoms with Crippen molar-refractivity contribution < 1.29 is 142 Å². The van der Waals surface area contributed by atoms with E-state index in [-0.39, 0.29) is 169 Å². The third-order valence-corrected chi connectivity index (χ3v) is 23.4. The molecule has 1 fully saturated rings. The number of nitrogens with zero attached hydrogens (tertiary/aromatic N) is 4. The fraction of sp³-hybridized carbons (Fsp3) is 0.556. The molecular formula is C81H108F3N15O28P2. The van der Waals surface area contributed by atoms with Crippen LogP contribution in [0, 0.1) is 18.7 Å². The van der Waals surface area contributed by atoms with Gasteiger partial charge in [0.1, 0.15) is 48.7 Å². The molecule has 4 aromatic rings. The summed E-state index contributed by atoms with van der Waals surface area (Å²) in [5.41, 5.74) is 3.80. The molecule has 0 bridgehead atoms. The van der Waals surface area contributed by atoms with Crippen molar-refractivity contribution in [3.05, 3.63) is 104 Å². The normalized spacial score (nSPS) is 17.8. The highest BCUT2D eigenvalue weighted by Crippen LogP contribution is 2.55. The average Bonchev–Trinajstić information content (AvgIpc) is 1.60. The number of fused-ring (bicyclic) bond motifs is 5. The summed E-state index contributed by atoms with van der Waals surface area (Å²) in [6, 6.07) is -2.50. The highest BCUT2D eigenvalue weighted by Gasteiger charge is 2.53. The van der Waals surface area contributed by atoms with Crippen LogP contribution in [0.2, 0.25) is 0 Å². The maximum absolute atomic E-state index is 15.6. The number of phosphoric ester groups is 1. The van der Waals surface area contributed by atoms with Gasteiger partial charge in [-0.1, -0.05) is 32.9 Å². The predicted octanol–water partition coefficient (Wildman–Crippen LogP) is 0.323. The van der Waals surface area contributed by atoms with Gasteiger partial charge in [-0.2, -0.15) is 8.78 Å². The quantitative estimate of drug-likeness (QED) is 0.0108. The fourth-order valence-electron chi connectivity index (χ4n) is 14.9. The van der Waals surface area contributed by atoms with E-state index < -0.39 is 215 Å². The summed E-state index contributed by atoms with van der Waals surface area (Å²) in [6.07, 6.45) is -2.99. The zero-order valence-electron chi connectivity index (χ0n) is 71.8. The Balaban J connectivity index is 0.777. The number of benzene rings is 2. The van der Waals surface area contributed by atoms with Crippen LogP contribution in [0.4, 0.5) is 23.7 Å². The molecule has 5 aliphatic rings. The molecule has 15 N–H and O–H groups in total. The van der Waals surface area contributed by atoms with E-state index in [9.17, 15) is 94.7 Å². The Morgan fingerprint density at radius 3 is 1.96 bits per heavy atom. The van der Waals surface area contributed by atoms with Gasteiger partial charge in [-0.15, -0.1) is 0 Å². The molecule has 1 unspecified atom stereocenters. The monoisotopic (exact) mass is 1860 g/mol. The van der Waals surface area contributed by atoms with E-state index >= 15 is 4.39 Å². The van der Waals surface area contributed by atoms with Gasteiger partial charge in [-0.05, 0) is 125 Å². The first-order valence-electron chi connectivity index (χ1n) is 41.7. The number of phosphoric acid groups is 1. The van der Waals surface area contributed by atoms with E-state index in [1.54, 1.807) is 20.8 Å². The number of rotatable bonds is 52. The Kier molecular flexibility index (Phi) is 37.1. The molecule has 0 saturated carbocycles. The average molecular weight is 1860 g/mol. The van der Waals surface area contributed by atoms with Crippen molar-refractivity contribution in [1.82, 2.24) is 67.2 Å². The Hall–Kier alpha value is -11.0. The van der Waals surface area contributed by atoms with Gasteiger partial charge in [0.2, 0.25) is 52.9 Å². The number of amides is 13. The number of esters is 2. The molecule has 1 aliphatic carbocycles. The zero-order chi connectivity index (χ0) is 94.2. The van der Waals surface area contributed by atoms with Crippen molar-refractivity contribution in [3.8, 4) is 11.4 Å². The van der Waals surface area contributed by atoms with E-state index in [0.717, 1.165) is 18.2 Å². The number of alkyl halides is 2. The minimum Gasteiger partial charge on any atom is -0.464 e. The van der Waals surface area contributed by atoms with Crippen LogP contribution >= 0.6 is 15.4 Å². The van der Waals surface area contributed by atoms with Gasteiger partial charge in [-0.25, -0.2) is 28.3 Å². The van der Waals surface area contributed by atoms with E-state index in [1.807, 2.05) is 19.0 Å². The lowest BCUT2D eigenvalue weighted by Crippen LogP contribution is -2.60. The lowest BCUT2D eigenvalue weighted by Gasteiger charge is -2.36. The number of unbranched alkanes of at least 4 members (excludes halogenated alkanes) is 1. The standard InChI is InChI=1S/C81H108F3N15O28P2/c1-7-81(51-37-59-69-49(41-98(59)77(111)50(51)43-125-79(81)113)67-53(93-76(110)70(83)84)18-17-48-45(4)52(82)38-57(92-69)66(48)67)127-129(118,119)126-42-46-13-15-47(16-14-46)89-71(105)55(12-10-24-87-80(85)114)94-75(109)68(44(2)3)96-73(107)58(39-63(102)91-56-21-28-124-78(56)112)95-72(106)54(11-8-9-26-97(5)6)90-62(101)22-27-120-30-32-122-34-35-123-33-31-121-29-25-86-74(108)60(99-64(103)19-20-65(99)104)40-88-61(100)23-36-128(115,116)117/h13-16,19-20,37-38,44,53-56,58,60,68,70H,7-12,17-18,21-36,39-43H2,1-6H3,(H,86,108)(H,88,100)(H,89,105)(H,90,101)(H,91,102)(H,93,110)(H,94,109)(H,95,106)(H,96,107)(H,118,119)(H3,85,87,114)(H2,115,116,117)/t53-,54-,55-,56-,58-,60-,68-,81-/m0/s1. The number of halogens is 3. The minimum atomic E-state index is -5.39. The van der Waals surface area contributed by atoms with Crippen LogP contribution in [0.3, 0.4) is 0 Å². The number of ether oxygens (including phenoxy) is 6. The smallest absolute Gasteiger partial charge is 0.464 e. The fourth-order valence-corrected chi connectivity index (χ4v) is 16.5. The topological polar surface area (TPSA) is 595 Å². The number of carbonyl (C=O) groups excluding carboxylic acids is 14. The number of cyclic esters (lactones) is 2. The van der Waals surface area contributed by atoms with Crippen molar-refractivity contribution in [2.24, 2.45) is 11.7 Å². The molecule has 129 heavy (non-hydrogen) atoms. The number of pyridine rings is 2. The number of primary amides is 1. The number of hydrogen-bond acceptors (Lipinski definition) is 27. The second kappa shape index (κ2) is 47.0. The summed E-state index contributed by atoms with van der Waals surface area (Å²) in [4.78, 5) is 237. The van der Waals surface area contributed by atoms with Crippen LogP contribution in [0.25, 0.3) is 22.3 Å². The van der Waals surface area contributed by atoms with Gasteiger partial charge >= 0.3 is 39.8 Å². The Morgan fingerprint density at radius 2 is 1.33 bits per heavy atom. The minimum absolute atomic E-state index is 0.0108. The molecule has 6 heterocycles. The lowest BCUT2D eigenvalue weighted by atomic mass is 9.81. The van der Waals surface area contributed by atoms with Gasteiger partial charge in [0.05, 0.1) is 114 Å². The first kappa shape index (κ1) is 102. The molecule has 2 aromatic carbocycles. The third-order valence-electron chi connectivity index (χ3n) is 21.6.